The highest BCUT2D eigenvalue weighted by Gasteiger charge is 2.41. The van der Waals surface area contributed by atoms with Gasteiger partial charge in [-0.1, -0.05) is 77.8 Å². The van der Waals surface area contributed by atoms with Crippen LogP contribution < -0.4 is 4.90 Å². The molecule has 0 radical (unpaired) electrons. The number of nitrogens with zero attached hydrogens (tertiary/aromatic N) is 4. The second kappa shape index (κ2) is 14.6. The van der Waals surface area contributed by atoms with Crippen molar-refractivity contribution in [2.75, 3.05) is 25.2 Å². The highest BCUT2D eigenvalue weighted by molar-refractivity contribution is 6.35. The number of anilines is 1. The van der Waals surface area contributed by atoms with Crippen LogP contribution in [-0.2, 0) is 42.6 Å². The fourth-order valence-corrected chi connectivity index (χ4v) is 5.52. The fraction of sp³-hybridized carbons (Fsp3) is 0.312. The summed E-state index contributed by atoms with van der Waals surface area (Å²) in [5, 5.41) is 5.15. The Morgan fingerprint density at radius 3 is 2.28 bits per heavy atom. The molecular formula is C32H34Cl2N4O5. The van der Waals surface area contributed by atoms with Crippen molar-refractivity contribution in [3.05, 3.63) is 112 Å². The summed E-state index contributed by atoms with van der Waals surface area (Å²) >= 11 is 12.2. The number of aromatic nitrogens is 3. The molecule has 9 nitrogen and oxygen atoms in total. The lowest BCUT2D eigenvalue weighted by Crippen LogP contribution is -2.45. The summed E-state index contributed by atoms with van der Waals surface area (Å²) in [6, 6.07) is 19.9. The van der Waals surface area contributed by atoms with E-state index in [4.69, 9.17) is 37.4 Å². The van der Waals surface area contributed by atoms with Gasteiger partial charge >= 0.3 is 5.97 Å². The molecule has 4 aromatic rings. The van der Waals surface area contributed by atoms with Crippen molar-refractivity contribution in [1.29, 1.82) is 0 Å². The number of para-hydroxylation sites is 1. The van der Waals surface area contributed by atoms with Crippen LogP contribution in [0.2, 0.25) is 10.0 Å². The first-order chi connectivity index (χ1) is 20.6. The first-order valence-electron chi connectivity index (χ1n) is 13.7. The number of halogens is 2. The van der Waals surface area contributed by atoms with E-state index in [9.17, 15) is 9.59 Å². The third kappa shape index (κ3) is 7.80. The Balaban J connectivity index is 0.000000202. The van der Waals surface area contributed by atoms with Gasteiger partial charge in [0.15, 0.2) is 0 Å². The Kier molecular flexibility index (Phi) is 10.9. The van der Waals surface area contributed by atoms with Gasteiger partial charge in [-0.15, -0.1) is 0 Å². The van der Waals surface area contributed by atoms with Gasteiger partial charge in [0, 0.05) is 10.6 Å². The number of ether oxygens (including phenoxy) is 3. The predicted octanol–water partition coefficient (Wildman–Crippen LogP) is 5.93. The molecular weight excluding hydrogens is 591 g/mol. The van der Waals surface area contributed by atoms with Crippen LogP contribution in [-0.4, -0.2) is 53.0 Å². The molecule has 0 aliphatic carbocycles. The second-order valence-corrected chi connectivity index (χ2v) is 10.9. The van der Waals surface area contributed by atoms with Crippen molar-refractivity contribution in [2.24, 2.45) is 0 Å². The third-order valence-electron chi connectivity index (χ3n) is 7.01. The van der Waals surface area contributed by atoms with Gasteiger partial charge in [-0.05, 0) is 49.6 Å². The first kappa shape index (κ1) is 32.2. The topological polar surface area (TPSA) is 95.8 Å². The van der Waals surface area contributed by atoms with Gasteiger partial charge in [0.25, 0.3) is 0 Å². The van der Waals surface area contributed by atoms with Crippen LogP contribution in [0.1, 0.15) is 29.2 Å². The summed E-state index contributed by atoms with van der Waals surface area (Å²) in [6.07, 6.45) is 3.30. The van der Waals surface area contributed by atoms with Crippen LogP contribution in [0.15, 0.2) is 79.4 Å². The first-order valence-corrected chi connectivity index (χ1v) is 14.5. The van der Waals surface area contributed by atoms with E-state index >= 15 is 0 Å². The van der Waals surface area contributed by atoms with E-state index in [0.717, 1.165) is 27.9 Å². The molecule has 1 fully saturated rings. The van der Waals surface area contributed by atoms with Gasteiger partial charge in [0.1, 0.15) is 25.2 Å². The Hall–Kier alpha value is -3.76. The minimum absolute atomic E-state index is 0.128. The van der Waals surface area contributed by atoms with Crippen molar-refractivity contribution in [3.8, 4) is 0 Å². The van der Waals surface area contributed by atoms with Crippen molar-refractivity contribution in [2.45, 2.75) is 45.6 Å². The summed E-state index contributed by atoms with van der Waals surface area (Å²) < 4.78 is 18.1. The molecule has 226 valence electrons. The number of aryl methyl sites for hydroxylation is 2. The van der Waals surface area contributed by atoms with E-state index in [1.54, 1.807) is 35.0 Å². The number of carbonyl (C=O) groups is 2. The summed E-state index contributed by atoms with van der Waals surface area (Å²) in [6.45, 7) is 6.97. The van der Waals surface area contributed by atoms with Crippen LogP contribution in [0.5, 0.6) is 0 Å². The van der Waals surface area contributed by atoms with Crippen LogP contribution in [0, 0.1) is 13.8 Å². The molecule has 1 aliphatic rings. The van der Waals surface area contributed by atoms with Crippen LogP contribution in [0.4, 0.5) is 5.69 Å². The van der Waals surface area contributed by atoms with E-state index in [1.807, 2.05) is 68.4 Å². The number of benzene rings is 3. The largest absolute Gasteiger partial charge is 0.467 e. The molecule has 1 saturated heterocycles. The SMILES string of the molecule is COC(=O)C(C)N(C(=O)Cc1ccccc1)c1c(C)cccc1C.Clc1ccc(C2(Cn3cncn3)OCCO2)c(Cl)c1. The lowest BCUT2D eigenvalue weighted by molar-refractivity contribution is -0.177. The van der Waals surface area contributed by atoms with Gasteiger partial charge in [0.05, 0.1) is 37.5 Å². The zero-order valence-electron chi connectivity index (χ0n) is 24.5. The Labute approximate surface area is 261 Å². The molecule has 0 saturated carbocycles. The monoisotopic (exact) mass is 624 g/mol. The minimum atomic E-state index is -0.935. The average molecular weight is 626 g/mol. The normalized spacial score (nSPS) is 14.4. The number of rotatable bonds is 8. The minimum Gasteiger partial charge on any atom is -0.467 e. The molecule has 5 rings (SSSR count). The van der Waals surface area contributed by atoms with Gasteiger partial charge in [0.2, 0.25) is 11.7 Å². The Morgan fingerprint density at radius 1 is 1.02 bits per heavy atom. The predicted molar refractivity (Wildman–Crippen MR) is 165 cm³/mol. The van der Waals surface area contributed by atoms with E-state index in [-0.39, 0.29) is 12.3 Å². The smallest absolute Gasteiger partial charge is 0.328 e. The molecule has 3 aromatic carbocycles. The quantitative estimate of drug-likeness (QED) is 0.224. The van der Waals surface area contributed by atoms with Crippen molar-refractivity contribution in [1.82, 2.24) is 14.8 Å². The maximum Gasteiger partial charge on any atom is 0.328 e. The molecule has 1 aliphatic heterocycles. The summed E-state index contributed by atoms with van der Waals surface area (Å²) in [5.74, 6) is -1.49. The zero-order chi connectivity index (χ0) is 31.0. The second-order valence-electron chi connectivity index (χ2n) is 10.0. The summed E-state index contributed by atoms with van der Waals surface area (Å²) in [7, 11) is 1.34. The number of amides is 1. The molecule has 0 bridgehead atoms. The van der Waals surface area contributed by atoms with Gasteiger partial charge in [-0.3, -0.25) is 9.69 Å². The molecule has 1 unspecified atom stereocenters. The van der Waals surface area contributed by atoms with E-state index in [0.29, 0.717) is 29.8 Å². The van der Waals surface area contributed by atoms with Crippen molar-refractivity contribution in [3.63, 3.8) is 0 Å². The molecule has 2 heterocycles. The Morgan fingerprint density at radius 2 is 1.70 bits per heavy atom. The molecule has 0 spiro atoms. The van der Waals surface area contributed by atoms with Gasteiger partial charge < -0.3 is 14.2 Å². The average Bonchev–Trinajstić information content (AvgIpc) is 3.68. The highest BCUT2D eigenvalue weighted by atomic mass is 35.5. The standard InChI is InChI=1S/C20H23NO3.C12H11Cl2N3O2/c1-14-9-8-10-15(2)19(14)21(16(3)20(23)24-4)18(22)13-17-11-6-5-7-12-17;13-9-1-2-10(11(14)5-9)12(18-3-4-19-12)6-17-8-15-7-16-17/h5-12,16H,13H2,1-4H3;1-2,5,7-8H,3-4,6H2. The molecule has 0 N–H and O–H groups in total. The third-order valence-corrected chi connectivity index (χ3v) is 7.56. The fourth-order valence-electron chi connectivity index (χ4n) is 4.96. The lowest BCUT2D eigenvalue weighted by atomic mass is 10.0. The molecule has 1 amide bonds. The number of carbonyl (C=O) groups excluding carboxylic acids is 2. The summed E-state index contributed by atoms with van der Waals surface area (Å²) in [5.41, 5.74) is 4.33. The van der Waals surface area contributed by atoms with Crippen LogP contribution in [0.3, 0.4) is 0 Å². The molecule has 1 atom stereocenters. The van der Waals surface area contributed by atoms with Crippen molar-refractivity contribution >= 4 is 40.8 Å². The van der Waals surface area contributed by atoms with E-state index in [1.165, 1.54) is 13.4 Å². The number of hydrogen-bond acceptors (Lipinski definition) is 7. The summed E-state index contributed by atoms with van der Waals surface area (Å²) in [4.78, 5) is 30.6. The lowest BCUT2D eigenvalue weighted by Gasteiger charge is -2.30. The highest BCUT2D eigenvalue weighted by Crippen LogP contribution is 2.38. The maximum absolute atomic E-state index is 13.0. The van der Waals surface area contributed by atoms with Crippen LogP contribution in [0.25, 0.3) is 0 Å². The number of hydrogen-bond donors (Lipinski definition) is 0. The zero-order valence-corrected chi connectivity index (χ0v) is 26.0. The van der Waals surface area contributed by atoms with E-state index in [2.05, 4.69) is 10.1 Å². The number of methoxy groups -OCH3 is 1. The maximum atomic E-state index is 13.0. The molecule has 43 heavy (non-hydrogen) atoms. The number of esters is 1. The van der Waals surface area contributed by atoms with Crippen molar-refractivity contribution < 1.29 is 23.8 Å². The van der Waals surface area contributed by atoms with Gasteiger partial charge in [-0.25, -0.2) is 14.5 Å². The van der Waals surface area contributed by atoms with Gasteiger partial charge in [-0.2, -0.15) is 5.10 Å². The van der Waals surface area contributed by atoms with E-state index < -0.39 is 17.8 Å². The molecule has 11 heteroatoms. The Bertz CT molecular complexity index is 1510. The molecule has 1 aromatic heterocycles. The van der Waals surface area contributed by atoms with Crippen LogP contribution >= 0.6 is 23.2 Å².